The number of hydroxylamine groups is 2. The third kappa shape index (κ3) is 4.69. The number of carbonyl (C=O) groups is 3. The van der Waals surface area contributed by atoms with Gasteiger partial charge in [0, 0.05) is 19.3 Å². The van der Waals surface area contributed by atoms with Crippen LogP contribution in [0.5, 0.6) is 0 Å². The van der Waals surface area contributed by atoms with Gasteiger partial charge in [-0.05, 0) is 31.7 Å². The van der Waals surface area contributed by atoms with Crippen LogP contribution < -0.4 is 0 Å². The zero-order chi connectivity index (χ0) is 15.9. The molecule has 1 fully saturated rings. The normalized spacial score (nSPS) is 14.5. The number of imide groups is 1. The van der Waals surface area contributed by atoms with Gasteiger partial charge in [0.05, 0.1) is 0 Å². The van der Waals surface area contributed by atoms with Crippen molar-refractivity contribution in [2.24, 2.45) is 0 Å². The minimum atomic E-state index is -0.515. The van der Waals surface area contributed by atoms with Crippen LogP contribution >= 0.6 is 0 Å². The molecule has 2 amide bonds. The topological polar surface area (TPSA) is 63.7 Å². The summed E-state index contributed by atoms with van der Waals surface area (Å²) >= 11 is 0. The Balaban J connectivity index is 1.60. The van der Waals surface area contributed by atoms with Crippen molar-refractivity contribution >= 4 is 17.8 Å². The van der Waals surface area contributed by atoms with Crippen LogP contribution in [0, 0.1) is 6.92 Å². The first-order valence-corrected chi connectivity index (χ1v) is 7.68. The zero-order valence-corrected chi connectivity index (χ0v) is 12.8. The third-order valence-corrected chi connectivity index (χ3v) is 3.67. The highest BCUT2D eigenvalue weighted by Crippen LogP contribution is 2.14. The maximum absolute atomic E-state index is 11.6. The Hall–Kier alpha value is -2.17. The molecule has 22 heavy (non-hydrogen) atoms. The molecule has 0 bridgehead atoms. The molecule has 0 unspecified atom stereocenters. The van der Waals surface area contributed by atoms with Crippen molar-refractivity contribution in [2.45, 2.75) is 51.9 Å². The molecule has 1 heterocycles. The fraction of sp³-hybridized carbons (Fsp3) is 0.471. The van der Waals surface area contributed by atoms with E-state index < -0.39 is 17.8 Å². The Morgan fingerprint density at radius 1 is 1.05 bits per heavy atom. The van der Waals surface area contributed by atoms with Crippen molar-refractivity contribution in [2.75, 3.05) is 0 Å². The van der Waals surface area contributed by atoms with Crippen molar-refractivity contribution < 1.29 is 19.2 Å². The molecule has 0 radical (unpaired) electrons. The standard InChI is InChI=1S/C17H21NO4/c1-13-7-9-14(10-8-13)5-3-2-4-6-17(21)22-18-15(19)11-12-16(18)20/h7-10H,2-6,11-12H2,1H3. The van der Waals surface area contributed by atoms with Gasteiger partial charge in [0.1, 0.15) is 0 Å². The first-order valence-electron chi connectivity index (χ1n) is 7.68. The van der Waals surface area contributed by atoms with Gasteiger partial charge in [0.25, 0.3) is 11.8 Å². The average Bonchev–Trinajstić information content (AvgIpc) is 2.81. The highest BCUT2D eigenvalue weighted by molar-refractivity contribution is 6.01. The van der Waals surface area contributed by atoms with E-state index >= 15 is 0 Å². The Labute approximate surface area is 130 Å². The predicted octanol–water partition coefficient (Wildman–Crippen LogP) is 2.71. The number of unbranched alkanes of at least 4 members (excludes halogenated alkanes) is 2. The van der Waals surface area contributed by atoms with Crippen LogP contribution in [0.3, 0.4) is 0 Å². The van der Waals surface area contributed by atoms with E-state index in [1.165, 1.54) is 11.1 Å². The van der Waals surface area contributed by atoms with E-state index in [-0.39, 0.29) is 19.3 Å². The molecule has 0 atom stereocenters. The molecule has 1 saturated heterocycles. The van der Waals surface area contributed by atoms with Gasteiger partial charge in [0.2, 0.25) is 0 Å². The monoisotopic (exact) mass is 303 g/mol. The molecule has 5 nitrogen and oxygen atoms in total. The van der Waals surface area contributed by atoms with Gasteiger partial charge in [-0.15, -0.1) is 5.06 Å². The van der Waals surface area contributed by atoms with E-state index in [2.05, 4.69) is 31.2 Å². The van der Waals surface area contributed by atoms with Crippen LogP contribution in [0.2, 0.25) is 0 Å². The maximum Gasteiger partial charge on any atom is 0.333 e. The fourth-order valence-electron chi connectivity index (χ4n) is 2.34. The molecule has 0 N–H and O–H groups in total. The Morgan fingerprint density at radius 2 is 1.68 bits per heavy atom. The van der Waals surface area contributed by atoms with Gasteiger partial charge in [0.15, 0.2) is 0 Å². The summed E-state index contributed by atoms with van der Waals surface area (Å²) in [5, 5.41) is 0.606. The van der Waals surface area contributed by atoms with Crippen LogP contribution in [0.4, 0.5) is 0 Å². The largest absolute Gasteiger partial charge is 0.333 e. The lowest BCUT2D eigenvalue weighted by Gasteiger charge is -2.12. The molecule has 118 valence electrons. The van der Waals surface area contributed by atoms with Crippen LogP contribution in [-0.4, -0.2) is 22.8 Å². The number of benzene rings is 1. The number of hydrogen-bond acceptors (Lipinski definition) is 4. The lowest BCUT2D eigenvalue weighted by Crippen LogP contribution is -2.31. The molecule has 0 saturated carbocycles. The van der Waals surface area contributed by atoms with Gasteiger partial charge in [-0.25, -0.2) is 4.79 Å². The third-order valence-electron chi connectivity index (χ3n) is 3.67. The molecular formula is C17H21NO4. The first-order chi connectivity index (χ1) is 10.6. The second-order valence-electron chi connectivity index (χ2n) is 5.59. The number of carbonyl (C=O) groups excluding carboxylic acids is 3. The molecular weight excluding hydrogens is 282 g/mol. The van der Waals surface area contributed by atoms with Crippen molar-refractivity contribution in [1.82, 2.24) is 5.06 Å². The van der Waals surface area contributed by atoms with E-state index in [9.17, 15) is 14.4 Å². The van der Waals surface area contributed by atoms with Gasteiger partial charge in [-0.2, -0.15) is 0 Å². The lowest BCUT2D eigenvalue weighted by atomic mass is 10.1. The molecule has 0 aliphatic carbocycles. The second kappa shape index (κ2) is 7.73. The second-order valence-corrected chi connectivity index (χ2v) is 5.59. The number of hydrogen-bond donors (Lipinski definition) is 0. The first kappa shape index (κ1) is 16.2. The van der Waals surface area contributed by atoms with E-state index in [4.69, 9.17) is 4.84 Å². The van der Waals surface area contributed by atoms with Crippen molar-refractivity contribution in [3.63, 3.8) is 0 Å². The summed E-state index contributed by atoms with van der Waals surface area (Å²) in [7, 11) is 0. The minimum absolute atomic E-state index is 0.128. The molecule has 2 rings (SSSR count). The summed E-state index contributed by atoms with van der Waals surface area (Å²) in [6.45, 7) is 2.06. The van der Waals surface area contributed by atoms with E-state index in [0.717, 1.165) is 19.3 Å². The summed E-state index contributed by atoms with van der Waals surface area (Å²) < 4.78 is 0. The van der Waals surface area contributed by atoms with Gasteiger partial charge in [-0.3, -0.25) is 9.59 Å². The van der Waals surface area contributed by atoms with Crippen LogP contribution in [0.15, 0.2) is 24.3 Å². The molecule has 0 spiro atoms. The van der Waals surface area contributed by atoms with Crippen molar-refractivity contribution in [3.8, 4) is 0 Å². The van der Waals surface area contributed by atoms with Crippen molar-refractivity contribution in [1.29, 1.82) is 0 Å². The SMILES string of the molecule is Cc1ccc(CCCCCC(=O)ON2C(=O)CCC2=O)cc1. The molecule has 0 aromatic heterocycles. The summed E-state index contributed by atoms with van der Waals surface area (Å²) in [5.74, 6) is -1.38. The summed E-state index contributed by atoms with van der Waals surface area (Å²) in [4.78, 5) is 39.0. The lowest BCUT2D eigenvalue weighted by molar-refractivity contribution is -0.197. The van der Waals surface area contributed by atoms with Gasteiger partial charge < -0.3 is 4.84 Å². The fourth-order valence-corrected chi connectivity index (χ4v) is 2.34. The summed E-state index contributed by atoms with van der Waals surface area (Å²) in [5.41, 5.74) is 2.54. The number of aryl methyl sites for hydroxylation is 2. The molecule has 1 aromatic carbocycles. The minimum Gasteiger partial charge on any atom is -0.330 e. The van der Waals surface area contributed by atoms with E-state index in [0.29, 0.717) is 11.5 Å². The number of nitrogens with zero attached hydrogens (tertiary/aromatic N) is 1. The van der Waals surface area contributed by atoms with Crippen molar-refractivity contribution in [3.05, 3.63) is 35.4 Å². The van der Waals surface area contributed by atoms with E-state index in [1.807, 2.05) is 0 Å². The predicted molar refractivity (Wildman–Crippen MR) is 80.5 cm³/mol. The van der Waals surface area contributed by atoms with Crippen LogP contribution in [0.25, 0.3) is 0 Å². The quantitative estimate of drug-likeness (QED) is 0.574. The Bertz CT molecular complexity index is 534. The Morgan fingerprint density at radius 3 is 2.32 bits per heavy atom. The highest BCUT2D eigenvalue weighted by atomic mass is 16.7. The molecule has 1 aromatic rings. The molecule has 1 aliphatic rings. The summed E-state index contributed by atoms with van der Waals surface area (Å²) in [6.07, 6.45) is 4.07. The van der Waals surface area contributed by atoms with Gasteiger partial charge in [-0.1, -0.05) is 36.2 Å². The summed E-state index contributed by atoms with van der Waals surface area (Å²) in [6, 6.07) is 8.43. The number of rotatable bonds is 7. The van der Waals surface area contributed by atoms with E-state index in [1.54, 1.807) is 0 Å². The molecule has 1 aliphatic heterocycles. The highest BCUT2D eigenvalue weighted by Gasteiger charge is 2.32. The average molecular weight is 303 g/mol. The van der Waals surface area contributed by atoms with Crippen LogP contribution in [-0.2, 0) is 25.6 Å². The Kier molecular flexibility index (Phi) is 5.69. The van der Waals surface area contributed by atoms with Crippen LogP contribution in [0.1, 0.15) is 49.7 Å². The van der Waals surface area contributed by atoms with Gasteiger partial charge >= 0.3 is 5.97 Å². The zero-order valence-electron chi connectivity index (χ0n) is 12.8. The smallest absolute Gasteiger partial charge is 0.330 e. The molecule has 5 heteroatoms. The maximum atomic E-state index is 11.6. The number of amides is 2.